The molecule has 35 heavy (non-hydrogen) atoms. The Labute approximate surface area is 195 Å². The largest absolute Gasteiger partial charge is 0.508 e. The molecule has 0 radical (unpaired) electrons. The van der Waals surface area contributed by atoms with E-state index in [0.29, 0.717) is 0 Å². The number of hydrogen-bond acceptors (Lipinski definition) is 9. The third-order valence-electron chi connectivity index (χ3n) is 5.82. The maximum Gasteiger partial charge on any atom is 0.200 e. The highest BCUT2D eigenvalue weighted by molar-refractivity contribution is 6.17. The molecule has 2 heterocycles. The first kappa shape index (κ1) is 21.9. The molecule has 9 nitrogen and oxygen atoms in total. The predicted molar refractivity (Wildman–Crippen MR) is 126 cm³/mol. The summed E-state index contributed by atoms with van der Waals surface area (Å²) < 4.78 is 11.3. The minimum atomic E-state index is -0.688. The van der Waals surface area contributed by atoms with Crippen molar-refractivity contribution in [2.45, 2.75) is 13.8 Å². The number of ketones is 2. The fourth-order valence-corrected chi connectivity index (χ4v) is 4.20. The van der Waals surface area contributed by atoms with E-state index < -0.39 is 33.9 Å². The number of Topliss-reactive ketones (excluding diaryl/α,β-unsaturated/α-hetero) is 2. The van der Waals surface area contributed by atoms with Gasteiger partial charge in [0.1, 0.15) is 28.8 Å². The van der Waals surface area contributed by atoms with Crippen molar-refractivity contribution in [1.82, 2.24) is 0 Å². The maximum absolute atomic E-state index is 13.4. The number of aromatic hydroxyl groups is 3. The summed E-state index contributed by atoms with van der Waals surface area (Å²) in [5.74, 6) is -2.34. The lowest BCUT2D eigenvalue weighted by molar-refractivity contribution is 0.101. The lowest BCUT2D eigenvalue weighted by Crippen LogP contribution is -2.14. The highest BCUT2D eigenvalue weighted by Crippen LogP contribution is 2.36. The van der Waals surface area contributed by atoms with Crippen molar-refractivity contribution in [2.24, 2.45) is 0 Å². The Balaban J connectivity index is 2.01. The summed E-state index contributed by atoms with van der Waals surface area (Å²) in [5, 5.41) is 29.4. The summed E-state index contributed by atoms with van der Waals surface area (Å²) in [6.45, 7) is 2.42. The van der Waals surface area contributed by atoms with Gasteiger partial charge in [0.05, 0.1) is 27.3 Å². The van der Waals surface area contributed by atoms with Gasteiger partial charge < -0.3 is 24.2 Å². The molecule has 5 aromatic rings. The van der Waals surface area contributed by atoms with Crippen LogP contribution in [0.1, 0.15) is 34.6 Å². The van der Waals surface area contributed by atoms with Gasteiger partial charge in [0, 0.05) is 23.3 Å². The molecule has 0 spiro atoms. The van der Waals surface area contributed by atoms with Crippen LogP contribution in [0.3, 0.4) is 0 Å². The molecule has 0 unspecified atom stereocenters. The van der Waals surface area contributed by atoms with Gasteiger partial charge in [0.2, 0.25) is 10.9 Å². The summed E-state index contributed by atoms with van der Waals surface area (Å²) >= 11 is 0. The third-order valence-corrected chi connectivity index (χ3v) is 5.82. The third kappa shape index (κ3) is 3.24. The summed E-state index contributed by atoms with van der Waals surface area (Å²) in [6.07, 6.45) is 1.03. The molecule has 3 N–H and O–H groups in total. The van der Waals surface area contributed by atoms with Crippen molar-refractivity contribution in [1.29, 1.82) is 0 Å². The van der Waals surface area contributed by atoms with E-state index in [1.165, 1.54) is 38.1 Å². The summed E-state index contributed by atoms with van der Waals surface area (Å²) in [6, 6.07) is 7.23. The van der Waals surface area contributed by atoms with Crippen LogP contribution in [0.4, 0.5) is 0 Å². The van der Waals surface area contributed by atoms with Gasteiger partial charge in [0.15, 0.2) is 23.1 Å². The molecule has 174 valence electrons. The maximum atomic E-state index is 13.4. The molecule has 0 atom stereocenters. The van der Waals surface area contributed by atoms with Crippen molar-refractivity contribution in [3.8, 4) is 28.4 Å². The number of fused-ring (bicyclic) bond motifs is 3. The molecule has 0 saturated heterocycles. The molecular weight excluding hydrogens is 456 g/mol. The molecule has 3 aromatic carbocycles. The average molecular weight is 472 g/mol. The Kier molecular flexibility index (Phi) is 4.73. The van der Waals surface area contributed by atoms with Crippen molar-refractivity contribution in [2.75, 3.05) is 0 Å². The van der Waals surface area contributed by atoms with Crippen LogP contribution >= 0.6 is 0 Å². The Bertz CT molecular complexity index is 1870. The van der Waals surface area contributed by atoms with E-state index in [4.69, 9.17) is 8.83 Å². The topological polar surface area (TPSA) is 155 Å². The Morgan fingerprint density at radius 3 is 2.17 bits per heavy atom. The molecule has 2 aromatic heterocycles. The highest BCUT2D eigenvalue weighted by atomic mass is 16.3. The van der Waals surface area contributed by atoms with Crippen molar-refractivity contribution in [3.63, 3.8) is 0 Å². The lowest BCUT2D eigenvalue weighted by Gasteiger charge is -2.15. The zero-order chi connectivity index (χ0) is 25.2. The number of carbonyl (C=O) groups is 2. The van der Waals surface area contributed by atoms with E-state index in [1.807, 2.05) is 0 Å². The minimum Gasteiger partial charge on any atom is -0.508 e. The molecule has 0 aliphatic carbocycles. The van der Waals surface area contributed by atoms with Gasteiger partial charge in [-0.3, -0.25) is 19.2 Å². The van der Waals surface area contributed by atoms with E-state index >= 15 is 0 Å². The van der Waals surface area contributed by atoms with E-state index in [2.05, 4.69) is 0 Å². The highest BCUT2D eigenvalue weighted by Gasteiger charge is 2.27. The quantitative estimate of drug-likeness (QED) is 0.199. The van der Waals surface area contributed by atoms with Crippen molar-refractivity contribution < 1.29 is 33.7 Å². The number of rotatable bonds is 3. The van der Waals surface area contributed by atoms with Gasteiger partial charge in [-0.1, -0.05) is 0 Å². The normalized spacial score (nSPS) is 11.4. The lowest BCUT2D eigenvalue weighted by atomic mass is 9.88. The summed E-state index contributed by atoms with van der Waals surface area (Å²) in [4.78, 5) is 52.2. The zero-order valence-corrected chi connectivity index (χ0v) is 18.3. The molecule has 0 fully saturated rings. The van der Waals surface area contributed by atoms with Gasteiger partial charge in [-0.15, -0.1) is 0 Å². The molecule has 0 bridgehead atoms. The van der Waals surface area contributed by atoms with Gasteiger partial charge in [-0.2, -0.15) is 0 Å². The van der Waals surface area contributed by atoms with E-state index in [-0.39, 0.29) is 60.9 Å². The fraction of sp³-hybridized carbons (Fsp3) is 0.0769. The second-order valence-electron chi connectivity index (χ2n) is 8.09. The number of phenols is 3. The number of hydrogen-bond donors (Lipinski definition) is 3. The van der Waals surface area contributed by atoms with Crippen molar-refractivity contribution in [3.05, 3.63) is 74.2 Å². The Morgan fingerprint density at radius 1 is 0.771 bits per heavy atom. The smallest absolute Gasteiger partial charge is 0.200 e. The van der Waals surface area contributed by atoms with E-state index in [0.717, 1.165) is 18.4 Å². The first-order chi connectivity index (χ1) is 16.6. The zero-order valence-electron chi connectivity index (χ0n) is 18.3. The van der Waals surface area contributed by atoms with Crippen LogP contribution in [-0.4, -0.2) is 26.9 Å². The first-order valence-corrected chi connectivity index (χ1v) is 10.3. The second kappa shape index (κ2) is 7.56. The van der Waals surface area contributed by atoms with Crippen LogP contribution < -0.4 is 10.9 Å². The molecular formula is C26H16O9. The van der Waals surface area contributed by atoms with Gasteiger partial charge in [0.25, 0.3) is 0 Å². The Hall–Kier alpha value is -4.92. The number of benzene rings is 3. The van der Waals surface area contributed by atoms with E-state index in [1.54, 1.807) is 0 Å². The fourth-order valence-electron chi connectivity index (χ4n) is 4.20. The van der Waals surface area contributed by atoms with Gasteiger partial charge in [-0.05, 0) is 38.1 Å². The second-order valence-corrected chi connectivity index (χ2v) is 8.09. The summed E-state index contributed by atoms with van der Waals surface area (Å²) in [7, 11) is 0. The number of carbonyl (C=O) groups excluding carboxylic acids is 2. The Morgan fingerprint density at radius 2 is 1.49 bits per heavy atom. The van der Waals surface area contributed by atoms with Crippen LogP contribution in [0.15, 0.2) is 61.1 Å². The monoisotopic (exact) mass is 472 g/mol. The predicted octanol–water partition coefficient (Wildman–Crippen LogP) is 4.24. The molecule has 0 saturated carbocycles. The number of phenolic OH excluding ortho intramolecular Hbond substituents is 3. The van der Waals surface area contributed by atoms with E-state index in [9.17, 15) is 34.5 Å². The summed E-state index contributed by atoms with van der Waals surface area (Å²) in [5.41, 5.74) is -1.94. The standard InChI is InChI=1S/C26H16O9/c1-10(27)14-6-16-24(32)13-4-3-12(29)5-21(13)35-26(16)22(11(2)28)23(14)17-9-34-20-8-19(31)18(30)7-15(20)25(17)33/h3-9,29-31H,1-2H3. The minimum absolute atomic E-state index is 0.0115. The van der Waals surface area contributed by atoms with Crippen LogP contribution in [-0.2, 0) is 0 Å². The molecule has 5 rings (SSSR count). The molecule has 0 amide bonds. The van der Waals surface area contributed by atoms with Crippen molar-refractivity contribution >= 4 is 44.5 Å². The van der Waals surface area contributed by atoms with Crippen LogP contribution in [0.25, 0.3) is 44.0 Å². The van der Waals surface area contributed by atoms with Gasteiger partial charge >= 0.3 is 0 Å². The van der Waals surface area contributed by atoms with Crippen LogP contribution in [0.5, 0.6) is 17.2 Å². The molecule has 0 aliphatic heterocycles. The van der Waals surface area contributed by atoms with Crippen LogP contribution in [0.2, 0.25) is 0 Å². The SMILES string of the molecule is CC(=O)c1cc2c(=O)c3ccc(O)cc3oc2c(C(C)=O)c1-c1coc2cc(O)c(O)cc2c1=O. The molecule has 9 heteroatoms. The first-order valence-electron chi connectivity index (χ1n) is 10.3. The molecule has 0 aliphatic rings. The van der Waals surface area contributed by atoms with Crippen LogP contribution in [0, 0.1) is 0 Å². The average Bonchev–Trinajstić information content (AvgIpc) is 2.79. The van der Waals surface area contributed by atoms with Gasteiger partial charge in [-0.25, -0.2) is 0 Å².